The average molecular weight is 262 g/mol. The van der Waals surface area contributed by atoms with Gasteiger partial charge in [0.2, 0.25) is 0 Å². The van der Waals surface area contributed by atoms with Gasteiger partial charge in [-0.05, 0) is 46.3 Å². The summed E-state index contributed by atoms with van der Waals surface area (Å²) in [6, 6.07) is 7.35. The number of benzene rings is 1. The number of ether oxygens (including phenoxy) is 1. The van der Waals surface area contributed by atoms with Gasteiger partial charge >= 0.3 is 0 Å². The van der Waals surface area contributed by atoms with Gasteiger partial charge in [0.15, 0.2) is 0 Å². The van der Waals surface area contributed by atoms with Crippen molar-refractivity contribution in [1.29, 1.82) is 0 Å². The highest BCUT2D eigenvalue weighted by Crippen LogP contribution is 2.34. The van der Waals surface area contributed by atoms with E-state index in [1.165, 1.54) is 11.1 Å². The van der Waals surface area contributed by atoms with Crippen LogP contribution in [0.1, 0.15) is 36.9 Å². The zero-order valence-corrected chi connectivity index (χ0v) is 12.6. The molecule has 106 valence electrons. The van der Waals surface area contributed by atoms with E-state index in [0.717, 1.165) is 31.7 Å². The van der Waals surface area contributed by atoms with Crippen LogP contribution in [0.25, 0.3) is 0 Å². The van der Waals surface area contributed by atoms with Gasteiger partial charge in [0.1, 0.15) is 5.75 Å². The Bertz CT molecular complexity index is 417. The molecule has 1 aliphatic rings. The number of hydrogen-bond acceptors (Lipinski definition) is 3. The largest absolute Gasteiger partial charge is 0.493 e. The molecule has 0 fully saturated rings. The van der Waals surface area contributed by atoms with Crippen molar-refractivity contribution in [2.75, 3.05) is 27.2 Å². The van der Waals surface area contributed by atoms with Gasteiger partial charge in [-0.3, -0.25) is 0 Å². The van der Waals surface area contributed by atoms with Crippen molar-refractivity contribution in [1.82, 2.24) is 10.2 Å². The van der Waals surface area contributed by atoms with E-state index in [1.54, 1.807) is 0 Å². The van der Waals surface area contributed by atoms with E-state index in [-0.39, 0.29) is 0 Å². The first kappa shape index (κ1) is 14.4. The van der Waals surface area contributed by atoms with E-state index in [2.05, 4.69) is 56.4 Å². The summed E-state index contributed by atoms with van der Waals surface area (Å²) in [7, 11) is 4.24. The molecule has 2 rings (SSSR count). The van der Waals surface area contributed by atoms with Crippen molar-refractivity contribution in [2.24, 2.45) is 0 Å². The molecule has 2 unspecified atom stereocenters. The van der Waals surface area contributed by atoms with E-state index in [4.69, 9.17) is 4.74 Å². The zero-order chi connectivity index (χ0) is 13.8. The molecule has 1 N–H and O–H groups in total. The molecule has 0 spiro atoms. The summed E-state index contributed by atoms with van der Waals surface area (Å²) in [5, 5.41) is 3.75. The van der Waals surface area contributed by atoms with Crippen molar-refractivity contribution in [3.63, 3.8) is 0 Å². The lowest BCUT2D eigenvalue weighted by atomic mass is 9.99. The second-order valence-corrected chi connectivity index (χ2v) is 5.87. The Hall–Kier alpha value is -1.06. The van der Waals surface area contributed by atoms with E-state index in [0.29, 0.717) is 12.1 Å². The van der Waals surface area contributed by atoms with Gasteiger partial charge in [0.05, 0.1) is 6.61 Å². The Labute approximate surface area is 116 Å². The number of fused-ring (bicyclic) bond motifs is 1. The van der Waals surface area contributed by atoms with Crippen molar-refractivity contribution < 1.29 is 4.74 Å². The summed E-state index contributed by atoms with van der Waals surface area (Å²) in [6.07, 6.45) is 2.26. The molecular formula is C16H26N2O. The van der Waals surface area contributed by atoms with Crippen molar-refractivity contribution in [2.45, 2.75) is 38.8 Å². The summed E-state index contributed by atoms with van der Waals surface area (Å²) in [5.41, 5.74) is 2.56. The molecular weight excluding hydrogens is 236 g/mol. The third-order valence-corrected chi connectivity index (χ3v) is 3.63. The normalized spacial score (nSPS) is 20.6. The molecule has 3 heteroatoms. The topological polar surface area (TPSA) is 24.5 Å². The van der Waals surface area contributed by atoms with Crippen LogP contribution in [0.2, 0.25) is 0 Å². The van der Waals surface area contributed by atoms with Crippen LogP contribution in [0.4, 0.5) is 0 Å². The van der Waals surface area contributed by atoms with Gasteiger partial charge in [-0.1, -0.05) is 18.2 Å². The maximum atomic E-state index is 5.92. The average Bonchev–Trinajstić information content (AvgIpc) is 2.52. The molecule has 2 atom stereocenters. The Balaban J connectivity index is 2.15. The van der Waals surface area contributed by atoms with Crippen LogP contribution >= 0.6 is 0 Å². The monoisotopic (exact) mass is 262 g/mol. The van der Waals surface area contributed by atoms with Gasteiger partial charge in [-0.15, -0.1) is 0 Å². The highest BCUT2D eigenvalue weighted by atomic mass is 16.5. The van der Waals surface area contributed by atoms with E-state index >= 15 is 0 Å². The molecule has 0 saturated heterocycles. The number of hydrogen-bond donors (Lipinski definition) is 1. The number of aryl methyl sites for hydroxylation is 1. The molecule has 1 aromatic carbocycles. The number of rotatable bonds is 4. The van der Waals surface area contributed by atoms with E-state index in [9.17, 15) is 0 Å². The second-order valence-electron chi connectivity index (χ2n) is 5.87. The van der Waals surface area contributed by atoms with Crippen LogP contribution in [0.3, 0.4) is 0 Å². The molecule has 0 bridgehead atoms. The fraction of sp³-hybridized carbons (Fsp3) is 0.625. The summed E-state index contributed by atoms with van der Waals surface area (Å²) in [4.78, 5) is 2.22. The van der Waals surface area contributed by atoms with Crippen LogP contribution in [0.5, 0.6) is 5.75 Å². The van der Waals surface area contributed by atoms with Gasteiger partial charge in [0, 0.05) is 24.2 Å². The maximum absolute atomic E-state index is 5.92. The highest BCUT2D eigenvalue weighted by molar-refractivity contribution is 5.43. The van der Waals surface area contributed by atoms with Crippen LogP contribution in [-0.4, -0.2) is 38.2 Å². The third kappa shape index (κ3) is 3.71. The lowest BCUT2D eigenvalue weighted by Gasteiger charge is -2.25. The zero-order valence-electron chi connectivity index (χ0n) is 12.6. The minimum absolute atomic E-state index is 0.410. The predicted molar refractivity (Wildman–Crippen MR) is 79.8 cm³/mol. The summed E-state index contributed by atoms with van der Waals surface area (Å²) < 4.78 is 5.92. The van der Waals surface area contributed by atoms with Crippen LogP contribution in [0, 0.1) is 6.92 Å². The summed E-state index contributed by atoms with van der Waals surface area (Å²) >= 11 is 0. The van der Waals surface area contributed by atoms with Gasteiger partial charge in [0.25, 0.3) is 0 Å². The number of para-hydroxylation sites is 1. The van der Waals surface area contributed by atoms with Crippen LogP contribution in [-0.2, 0) is 0 Å². The van der Waals surface area contributed by atoms with Crippen molar-refractivity contribution in [3.05, 3.63) is 29.3 Å². The maximum Gasteiger partial charge on any atom is 0.126 e. The molecule has 0 aromatic heterocycles. The Morgan fingerprint density at radius 3 is 2.95 bits per heavy atom. The minimum atomic E-state index is 0.410. The molecule has 0 aliphatic carbocycles. The summed E-state index contributed by atoms with van der Waals surface area (Å²) in [5.74, 6) is 1.09. The minimum Gasteiger partial charge on any atom is -0.493 e. The molecule has 3 nitrogen and oxygen atoms in total. The van der Waals surface area contributed by atoms with E-state index < -0.39 is 0 Å². The molecule has 19 heavy (non-hydrogen) atoms. The molecule has 0 amide bonds. The lowest BCUT2D eigenvalue weighted by Crippen LogP contribution is -2.38. The number of nitrogens with one attached hydrogen (secondary N) is 1. The van der Waals surface area contributed by atoms with E-state index in [1.807, 2.05) is 0 Å². The van der Waals surface area contributed by atoms with Gasteiger partial charge < -0.3 is 15.0 Å². The SMILES string of the molecule is Cc1cccc2c1OCCCC2NC(C)CN(C)C. The van der Waals surface area contributed by atoms with Crippen molar-refractivity contribution in [3.8, 4) is 5.75 Å². The van der Waals surface area contributed by atoms with Gasteiger partial charge in [-0.25, -0.2) is 0 Å². The Kier molecular flexibility index (Phi) is 4.83. The quantitative estimate of drug-likeness (QED) is 0.903. The third-order valence-electron chi connectivity index (χ3n) is 3.63. The van der Waals surface area contributed by atoms with Crippen LogP contribution in [0.15, 0.2) is 18.2 Å². The molecule has 0 saturated carbocycles. The second kappa shape index (κ2) is 6.40. The molecule has 1 aromatic rings. The number of nitrogens with zero attached hydrogens (tertiary/aromatic N) is 1. The summed E-state index contributed by atoms with van der Waals surface area (Å²) in [6.45, 7) is 6.27. The molecule has 0 radical (unpaired) electrons. The first-order valence-electron chi connectivity index (χ1n) is 7.21. The standard InChI is InChI=1S/C16H26N2O/c1-12-7-5-8-14-15(9-6-10-19-16(12)14)17-13(2)11-18(3)4/h5,7-8,13,15,17H,6,9-11H2,1-4H3. The van der Waals surface area contributed by atoms with Gasteiger partial charge in [-0.2, -0.15) is 0 Å². The fourth-order valence-corrected chi connectivity index (χ4v) is 2.88. The first-order chi connectivity index (χ1) is 9.08. The van der Waals surface area contributed by atoms with Crippen LogP contribution < -0.4 is 10.1 Å². The highest BCUT2D eigenvalue weighted by Gasteiger charge is 2.22. The fourth-order valence-electron chi connectivity index (χ4n) is 2.88. The Morgan fingerprint density at radius 1 is 1.42 bits per heavy atom. The van der Waals surface area contributed by atoms with Crippen molar-refractivity contribution >= 4 is 0 Å². The molecule has 1 aliphatic heterocycles. The molecule has 1 heterocycles. The predicted octanol–water partition coefficient (Wildman–Crippen LogP) is 2.75. The lowest BCUT2D eigenvalue weighted by molar-refractivity contribution is 0.307. The smallest absolute Gasteiger partial charge is 0.126 e. The number of likely N-dealkylation sites (N-methyl/N-ethyl adjacent to an activating group) is 1. The Morgan fingerprint density at radius 2 is 2.21 bits per heavy atom. The first-order valence-corrected chi connectivity index (χ1v) is 7.21.